The van der Waals surface area contributed by atoms with Crippen molar-refractivity contribution in [2.45, 2.75) is 41.9 Å². The molecule has 37 heavy (non-hydrogen) atoms. The number of amides is 1. The third-order valence-electron chi connectivity index (χ3n) is 6.85. The van der Waals surface area contributed by atoms with Crippen molar-refractivity contribution < 1.29 is 14.7 Å². The van der Waals surface area contributed by atoms with E-state index in [2.05, 4.69) is 40.8 Å². The molecule has 0 bridgehead atoms. The number of thiophene rings is 1. The van der Waals surface area contributed by atoms with Crippen molar-refractivity contribution in [3.63, 3.8) is 0 Å². The molecule has 5 rings (SSSR count). The number of oxime groups is 1. The Bertz CT molecular complexity index is 1330. The molecule has 2 atom stereocenters. The van der Waals surface area contributed by atoms with Gasteiger partial charge in [-0.3, -0.25) is 4.79 Å². The van der Waals surface area contributed by atoms with Crippen LogP contribution in [-0.4, -0.2) is 30.0 Å². The van der Waals surface area contributed by atoms with Crippen LogP contribution >= 0.6 is 23.1 Å². The van der Waals surface area contributed by atoms with Crippen LogP contribution in [-0.2, 0) is 23.5 Å². The van der Waals surface area contributed by atoms with Crippen LogP contribution in [0.15, 0.2) is 93.8 Å². The lowest BCUT2D eigenvalue weighted by atomic mass is 9.78. The van der Waals surface area contributed by atoms with E-state index in [1.54, 1.807) is 18.9 Å². The van der Waals surface area contributed by atoms with Gasteiger partial charge in [-0.1, -0.05) is 84.0 Å². The summed E-state index contributed by atoms with van der Waals surface area (Å²) in [6, 6.07) is 20.2. The number of nitrogens with zero attached hydrogens (tertiary/aromatic N) is 1. The smallest absolute Gasteiger partial charge is 0.261 e. The van der Waals surface area contributed by atoms with E-state index in [1.165, 1.54) is 22.5 Å². The molecular formula is C30H30N2O3S2. The highest BCUT2D eigenvalue weighted by Gasteiger charge is 2.34. The number of methoxy groups -OCH3 is 1. The van der Waals surface area contributed by atoms with Crippen molar-refractivity contribution in [2.75, 3.05) is 7.11 Å². The molecule has 7 heteroatoms. The molecule has 0 saturated heterocycles. The third-order valence-corrected chi connectivity index (χ3v) is 9.43. The predicted molar refractivity (Wildman–Crippen MR) is 151 cm³/mol. The molecule has 2 aromatic carbocycles. The fraction of sp³-hybridized carbons (Fsp3) is 0.267. The van der Waals surface area contributed by atoms with Crippen molar-refractivity contribution in [3.05, 3.63) is 112 Å². The minimum Gasteiger partial charge on any atom is -0.411 e. The molecule has 3 aromatic rings. The number of nitrogens with one attached hydrogen (secondary N) is 1. The number of allylic oxidation sites excluding steroid dienone is 2. The van der Waals surface area contributed by atoms with Crippen LogP contribution in [0.5, 0.6) is 0 Å². The van der Waals surface area contributed by atoms with E-state index in [4.69, 9.17) is 4.74 Å². The summed E-state index contributed by atoms with van der Waals surface area (Å²) in [7, 11) is 1.72. The van der Waals surface area contributed by atoms with E-state index in [-0.39, 0.29) is 17.9 Å². The zero-order chi connectivity index (χ0) is 25.6. The van der Waals surface area contributed by atoms with Crippen LogP contribution in [0.4, 0.5) is 0 Å². The van der Waals surface area contributed by atoms with Gasteiger partial charge in [0.1, 0.15) is 0 Å². The molecule has 0 radical (unpaired) electrons. The standard InChI is InChI=1S/C30H30N2O3S2/c1-35-24-14-12-22(13-15-24)23-16-25-27(26(17-23)32-34)30(36-19-21-10-6-3-7-11-21)37-28(25)29(33)31-18-20-8-4-2-5-9-20/h2-14,23-24,34H,15-19H2,1H3,(H,31,33)/b32-26+/t23?,24-/m0/s1. The average Bonchev–Trinajstić information content (AvgIpc) is 3.34. The average molecular weight is 531 g/mol. The Kier molecular flexibility index (Phi) is 8.24. The lowest BCUT2D eigenvalue weighted by Gasteiger charge is -2.27. The number of carbonyl (C=O) groups is 1. The van der Waals surface area contributed by atoms with Gasteiger partial charge < -0.3 is 15.3 Å². The third kappa shape index (κ3) is 5.90. The molecule has 0 aliphatic heterocycles. The molecule has 0 saturated carbocycles. The summed E-state index contributed by atoms with van der Waals surface area (Å²) in [4.78, 5) is 14.2. The van der Waals surface area contributed by atoms with Crippen LogP contribution in [0.1, 0.15) is 44.8 Å². The molecule has 2 aliphatic carbocycles. The summed E-state index contributed by atoms with van der Waals surface area (Å²) in [6.45, 7) is 0.468. The minimum atomic E-state index is -0.0813. The molecule has 2 aliphatic rings. The van der Waals surface area contributed by atoms with Gasteiger partial charge in [0, 0.05) is 31.4 Å². The number of thioether (sulfide) groups is 1. The van der Waals surface area contributed by atoms with Gasteiger partial charge in [0.15, 0.2) is 0 Å². The van der Waals surface area contributed by atoms with E-state index < -0.39 is 0 Å². The topological polar surface area (TPSA) is 70.9 Å². The Labute approximate surface area is 225 Å². The molecule has 2 N–H and O–H groups in total. The summed E-state index contributed by atoms with van der Waals surface area (Å²) in [5.74, 6) is 0.852. The molecule has 5 nitrogen and oxygen atoms in total. The highest BCUT2D eigenvalue weighted by atomic mass is 32.2. The maximum absolute atomic E-state index is 13.5. The quantitative estimate of drug-likeness (QED) is 0.195. The SMILES string of the molecule is CO[C@H]1C=CC(C2C/C(=N\O)c3c(SCc4ccccc4)sc(C(=O)NCc4ccccc4)c3C2)=CC1. The summed E-state index contributed by atoms with van der Waals surface area (Å²) in [5.41, 5.74) is 6.05. The number of carbonyl (C=O) groups excluding carboxylic acids is 1. The molecule has 1 unspecified atom stereocenters. The highest BCUT2D eigenvalue weighted by Crippen LogP contribution is 2.44. The van der Waals surface area contributed by atoms with Gasteiger partial charge in [-0.15, -0.1) is 23.1 Å². The second-order valence-corrected chi connectivity index (χ2v) is 11.5. The molecule has 0 spiro atoms. The number of rotatable bonds is 8. The van der Waals surface area contributed by atoms with Crippen LogP contribution in [0, 0.1) is 5.92 Å². The molecule has 1 aromatic heterocycles. The van der Waals surface area contributed by atoms with Gasteiger partial charge in [-0.05, 0) is 41.0 Å². The van der Waals surface area contributed by atoms with Crippen LogP contribution in [0.3, 0.4) is 0 Å². The normalized spacial score (nSPS) is 19.9. The molecule has 1 heterocycles. The van der Waals surface area contributed by atoms with Crippen molar-refractivity contribution in [3.8, 4) is 0 Å². The summed E-state index contributed by atoms with van der Waals surface area (Å²) in [6.07, 6.45) is 8.71. The lowest BCUT2D eigenvalue weighted by molar-refractivity contribution is 0.0954. The molecule has 0 fully saturated rings. The van der Waals surface area contributed by atoms with Crippen LogP contribution < -0.4 is 5.32 Å². The summed E-state index contributed by atoms with van der Waals surface area (Å²) < 4.78 is 6.49. The Balaban J connectivity index is 1.45. The monoisotopic (exact) mass is 530 g/mol. The maximum Gasteiger partial charge on any atom is 0.261 e. The van der Waals surface area contributed by atoms with Crippen molar-refractivity contribution >= 4 is 34.7 Å². The second kappa shape index (κ2) is 11.9. The Morgan fingerprint density at radius 1 is 1.11 bits per heavy atom. The van der Waals surface area contributed by atoms with Gasteiger partial charge in [-0.25, -0.2) is 0 Å². The maximum atomic E-state index is 13.5. The molecule has 190 valence electrons. The highest BCUT2D eigenvalue weighted by molar-refractivity contribution is 8.00. The van der Waals surface area contributed by atoms with E-state index in [0.717, 1.165) is 39.5 Å². The number of fused-ring (bicyclic) bond motifs is 1. The number of hydrogen-bond acceptors (Lipinski definition) is 6. The second-order valence-electron chi connectivity index (χ2n) is 9.24. The first kappa shape index (κ1) is 25.5. The van der Waals surface area contributed by atoms with Gasteiger partial charge in [0.25, 0.3) is 5.91 Å². The van der Waals surface area contributed by atoms with Crippen molar-refractivity contribution in [2.24, 2.45) is 11.1 Å². The first-order chi connectivity index (χ1) is 18.2. The molecular weight excluding hydrogens is 500 g/mol. The number of hydrogen-bond donors (Lipinski definition) is 2. The van der Waals surface area contributed by atoms with E-state index >= 15 is 0 Å². The fourth-order valence-corrected chi connectivity index (χ4v) is 7.41. The van der Waals surface area contributed by atoms with E-state index in [1.807, 2.05) is 48.5 Å². The van der Waals surface area contributed by atoms with Crippen LogP contribution in [0.25, 0.3) is 0 Å². The molecule has 1 amide bonds. The number of ether oxygens (including phenoxy) is 1. The zero-order valence-electron chi connectivity index (χ0n) is 20.7. The summed E-state index contributed by atoms with van der Waals surface area (Å²) in [5, 5.41) is 16.9. The largest absolute Gasteiger partial charge is 0.411 e. The number of benzene rings is 2. The van der Waals surface area contributed by atoms with Crippen molar-refractivity contribution in [1.29, 1.82) is 0 Å². The van der Waals surface area contributed by atoms with Gasteiger partial charge in [0.2, 0.25) is 0 Å². The Morgan fingerprint density at radius 3 is 2.49 bits per heavy atom. The minimum absolute atomic E-state index is 0.0813. The summed E-state index contributed by atoms with van der Waals surface area (Å²) >= 11 is 3.21. The fourth-order valence-electron chi connectivity index (χ4n) is 4.87. The van der Waals surface area contributed by atoms with Gasteiger partial charge in [-0.2, -0.15) is 0 Å². The lowest BCUT2D eigenvalue weighted by Crippen LogP contribution is -2.27. The van der Waals surface area contributed by atoms with Gasteiger partial charge in [0.05, 0.1) is 20.9 Å². The Hall–Kier alpha value is -3.13. The van der Waals surface area contributed by atoms with Crippen molar-refractivity contribution in [1.82, 2.24) is 5.32 Å². The first-order valence-electron chi connectivity index (χ1n) is 12.4. The van der Waals surface area contributed by atoms with Crippen LogP contribution in [0.2, 0.25) is 0 Å². The Morgan fingerprint density at radius 2 is 1.84 bits per heavy atom. The predicted octanol–water partition coefficient (Wildman–Crippen LogP) is 6.61. The first-order valence-corrected chi connectivity index (χ1v) is 14.2. The van der Waals surface area contributed by atoms with E-state index in [0.29, 0.717) is 23.6 Å². The van der Waals surface area contributed by atoms with Gasteiger partial charge >= 0.3 is 0 Å². The zero-order valence-corrected chi connectivity index (χ0v) is 22.4. The van der Waals surface area contributed by atoms with E-state index in [9.17, 15) is 10.0 Å².